The molecule has 0 atom stereocenters. The Kier molecular flexibility index (Phi) is 4.70. The van der Waals surface area contributed by atoms with E-state index in [1.807, 2.05) is 30.3 Å². The molecule has 1 nitrogen and oxygen atoms in total. The van der Waals surface area contributed by atoms with Gasteiger partial charge in [-0.1, -0.05) is 18.2 Å². The molecule has 0 aliphatic heterocycles. The van der Waals surface area contributed by atoms with Crippen LogP contribution >= 0.6 is 0 Å². The van der Waals surface area contributed by atoms with E-state index in [2.05, 4.69) is 0 Å². The molecule has 0 heterocycles. The van der Waals surface area contributed by atoms with E-state index < -0.39 is 0 Å². The van der Waals surface area contributed by atoms with Crippen molar-refractivity contribution in [1.29, 1.82) is 0 Å². The van der Waals surface area contributed by atoms with Crippen LogP contribution in [0.4, 0.5) is 0 Å². The van der Waals surface area contributed by atoms with Gasteiger partial charge in [-0.15, -0.1) is 0 Å². The van der Waals surface area contributed by atoms with Crippen LogP contribution in [-0.4, -0.2) is 33.3 Å². The number of hydrogen-bond acceptors (Lipinski definition) is 1. The first kappa shape index (κ1) is 8.90. The Hall–Kier alpha value is -0.0969. The van der Waals surface area contributed by atoms with Crippen molar-refractivity contribution in [2.75, 3.05) is 7.11 Å². The number of ether oxygens (including phenoxy) is 1. The summed E-state index contributed by atoms with van der Waals surface area (Å²) in [7, 11) is 1.66. The normalized spacial score (nSPS) is 7.67. The number of hydrogen-bond donors (Lipinski definition) is 0. The zero-order valence-electron chi connectivity index (χ0n) is 5.50. The molecule has 9 heavy (non-hydrogen) atoms. The Morgan fingerprint density at radius 3 is 2.00 bits per heavy atom. The Labute approximate surface area is 74.2 Å². The van der Waals surface area contributed by atoms with Gasteiger partial charge in [0, 0.05) is 0 Å². The van der Waals surface area contributed by atoms with Gasteiger partial charge in [-0.3, -0.25) is 0 Å². The van der Waals surface area contributed by atoms with Crippen molar-refractivity contribution in [3.63, 3.8) is 0 Å². The molecule has 0 N–H and O–H groups in total. The van der Waals surface area contributed by atoms with Crippen molar-refractivity contribution in [2.24, 2.45) is 0 Å². The molecule has 0 saturated carbocycles. The maximum absolute atomic E-state index is 4.91. The van der Waals surface area contributed by atoms with Gasteiger partial charge in [0.25, 0.3) is 0 Å². The van der Waals surface area contributed by atoms with E-state index in [-0.39, 0.29) is 26.2 Å². The van der Waals surface area contributed by atoms with E-state index in [1.54, 1.807) is 7.11 Å². The first-order valence-corrected chi connectivity index (χ1v) is 2.52. The standard InChI is InChI=1S/C7H8O.Bi.3H/c1-8-7-5-3-2-4-6-7;;;;/h2-6H,1H3;;;;. The first-order chi connectivity index (χ1) is 3.93. The van der Waals surface area contributed by atoms with Crippen molar-refractivity contribution < 1.29 is 4.74 Å². The molecule has 0 aromatic heterocycles. The van der Waals surface area contributed by atoms with Crippen LogP contribution in [0, 0.1) is 0 Å². The molecule has 0 bridgehead atoms. The van der Waals surface area contributed by atoms with E-state index >= 15 is 0 Å². The number of benzene rings is 1. The quantitative estimate of drug-likeness (QED) is 0.685. The predicted octanol–water partition coefficient (Wildman–Crippen LogP) is 0.511. The van der Waals surface area contributed by atoms with Gasteiger partial charge in [-0.2, -0.15) is 0 Å². The molecule has 0 aliphatic carbocycles. The minimum atomic E-state index is 0. The predicted molar refractivity (Wildman–Crippen MR) is 42.9 cm³/mol. The minimum absolute atomic E-state index is 0. The fourth-order valence-electron chi connectivity index (χ4n) is 0.557. The van der Waals surface area contributed by atoms with E-state index in [4.69, 9.17) is 4.74 Å². The summed E-state index contributed by atoms with van der Waals surface area (Å²) in [6.07, 6.45) is 0. The van der Waals surface area contributed by atoms with Crippen LogP contribution < -0.4 is 4.74 Å². The third kappa shape index (κ3) is 2.81. The zero-order valence-corrected chi connectivity index (χ0v) is 11.0. The van der Waals surface area contributed by atoms with Gasteiger partial charge in [0.2, 0.25) is 0 Å². The Balaban J connectivity index is 0.000000640. The summed E-state index contributed by atoms with van der Waals surface area (Å²) >= 11 is 0. The molecule has 1 aromatic carbocycles. The summed E-state index contributed by atoms with van der Waals surface area (Å²) < 4.78 is 4.91. The van der Waals surface area contributed by atoms with Crippen LogP contribution in [0.3, 0.4) is 0 Å². The Bertz CT molecular complexity index is 150. The SMILES string of the molecule is COc1ccccc1.[BiH3]. The summed E-state index contributed by atoms with van der Waals surface area (Å²) in [6.45, 7) is 0. The fraction of sp³-hybridized carbons (Fsp3) is 0.143. The van der Waals surface area contributed by atoms with Crippen LogP contribution in [0.5, 0.6) is 5.75 Å². The second kappa shape index (κ2) is 4.75. The molecule has 1 rings (SSSR count). The van der Waals surface area contributed by atoms with Crippen molar-refractivity contribution >= 4 is 26.2 Å². The molecule has 1 aromatic rings. The van der Waals surface area contributed by atoms with Crippen LogP contribution in [0.15, 0.2) is 30.3 Å². The molecule has 0 amide bonds. The third-order valence-electron chi connectivity index (χ3n) is 0.979. The van der Waals surface area contributed by atoms with Crippen molar-refractivity contribution in [3.05, 3.63) is 30.3 Å². The summed E-state index contributed by atoms with van der Waals surface area (Å²) in [5.41, 5.74) is 0. The Morgan fingerprint density at radius 2 is 1.67 bits per heavy atom. The molecule has 2 heteroatoms. The number of rotatable bonds is 1. The monoisotopic (exact) mass is 320 g/mol. The fourth-order valence-corrected chi connectivity index (χ4v) is 0.557. The van der Waals surface area contributed by atoms with Crippen molar-refractivity contribution in [2.45, 2.75) is 0 Å². The summed E-state index contributed by atoms with van der Waals surface area (Å²) in [5, 5.41) is 0. The molecule has 0 fully saturated rings. The van der Waals surface area contributed by atoms with Gasteiger partial charge in [0.15, 0.2) is 0 Å². The third-order valence-corrected chi connectivity index (χ3v) is 0.979. The van der Waals surface area contributed by atoms with Gasteiger partial charge in [0.1, 0.15) is 5.75 Å². The molecule has 0 saturated heterocycles. The summed E-state index contributed by atoms with van der Waals surface area (Å²) in [4.78, 5) is 0. The van der Waals surface area contributed by atoms with Gasteiger partial charge in [0.05, 0.1) is 7.11 Å². The molecule has 50 valence electrons. The van der Waals surface area contributed by atoms with E-state index in [9.17, 15) is 0 Å². The van der Waals surface area contributed by atoms with Gasteiger partial charge in [-0.25, -0.2) is 0 Å². The first-order valence-electron chi connectivity index (χ1n) is 2.52. The van der Waals surface area contributed by atoms with Crippen LogP contribution in [0.25, 0.3) is 0 Å². The molecule has 0 radical (unpaired) electrons. The molecule has 0 unspecified atom stereocenters. The van der Waals surface area contributed by atoms with E-state index in [0.717, 1.165) is 5.75 Å². The number of para-hydroxylation sites is 1. The molecular formula is C7H11BiO. The van der Waals surface area contributed by atoms with Gasteiger partial charge < -0.3 is 4.74 Å². The Morgan fingerprint density at radius 1 is 1.11 bits per heavy atom. The zero-order chi connectivity index (χ0) is 5.82. The van der Waals surface area contributed by atoms with Crippen LogP contribution in [-0.2, 0) is 0 Å². The van der Waals surface area contributed by atoms with Crippen molar-refractivity contribution in [3.8, 4) is 5.75 Å². The summed E-state index contributed by atoms with van der Waals surface area (Å²) in [6, 6.07) is 9.68. The average Bonchev–Trinajstić information content (AvgIpc) is 1.90. The van der Waals surface area contributed by atoms with Crippen LogP contribution in [0.1, 0.15) is 0 Å². The van der Waals surface area contributed by atoms with E-state index in [1.165, 1.54) is 0 Å². The maximum atomic E-state index is 4.91. The van der Waals surface area contributed by atoms with Crippen molar-refractivity contribution in [1.82, 2.24) is 0 Å². The molecular weight excluding hydrogens is 309 g/mol. The topological polar surface area (TPSA) is 9.23 Å². The molecule has 0 spiro atoms. The van der Waals surface area contributed by atoms with Gasteiger partial charge in [-0.05, 0) is 12.1 Å². The summed E-state index contributed by atoms with van der Waals surface area (Å²) in [5.74, 6) is 0.910. The van der Waals surface area contributed by atoms with E-state index in [0.29, 0.717) is 0 Å². The average molecular weight is 320 g/mol. The van der Waals surface area contributed by atoms with Gasteiger partial charge >= 0.3 is 26.2 Å². The van der Waals surface area contributed by atoms with Crippen LogP contribution in [0.2, 0.25) is 0 Å². The second-order valence-electron chi connectivity index (χ2n) is 1.52. The molecule has 0 aliphatic rings. The second-order valence-corrected chi connectivity index (χ2v) is 1.52. The number of methoxy groups -OCH3 is 1.